The summed E-state index contributed by atoms with van der Waals surface area (Å²) in [5, 5.41) is 12.9. The van der Waals surface area contributed by atoms with Crippen molar-refractivity contribution in [1.29, 1.82) is 0 Å². The Morgan fingerprint density at radius 3 is 2.68 bits per heavy atom. The summed E-state index contributed by atoms with van der Waals surface area (Å²) in [6, 6.07) is 11.7. The van der Waals surface area contributed by atoms with E-state index in [4.69, 9.17) is 11.6 Å². The van der Waals surface area contributed by atoms with E-state index in [-0.39, 0.29) is 11.6 Å². The highest BCUT2D eigenvalue weighted by Gasteiger charge is 2.00. The third kappa shape index (κ3) is 4.23. The molecule has 2 aromatic carbocycles. The molecule has 2 rings (SSSR count). The van der Waals surface area contributed by atoms with E-state index in [2.05, 4.69) is 5.32 Å². The van der Waals surface area contributed by atoms with Gasteiger partial charge >= 0.3 is 0 Å². The molecule has 0 aromatic heterocycles. The van der Waals surface area contributed by atoms with Crippen LogP contribution in [0.4, 0.5) is 4.39 Å². The van der Waals surface area contributed by atoms with E-state index in [1.54, 1.807) is 24.3 Å². The van der Waals surface area contributed by atoms with Crippen LogP contribution >= 0.6 is 11.6 Å². The van der Waals surface area contributed by atoms with Gasteiger partial charge in [0.1, 0.15) is 11.6 Å². The van der Waals surface area contributed by atoms with Crippen LogP contribution in [0.15, 0.2) is 42.5 Å². The summed E-state index contributed by atoms with van der Waals surface area (Å²) >= 11 is 5.82. The lowest BCUT2D eigenvalue weighted by Gasteiger charge is -2.06. The van der Waals surface area contributed by atoms with E-state index in [0.717, 1.165) is 24.1 Å². The topological polar surface area (TPSA) is 32.3 Å². The number of phenols is 1. The molecule has 0 atom stereocenters. The molecule has 2 N–H and O–H groups in total. The van der Waals surface area contributed by atoms with Crippen molar-refractivity contribution in [2.45, 2.75) is 13.0 Å². The zero-order valence-electron chi connectivity index (χ0n) is 10.4. The summed E-state index contributed by atoms with van der Waals surface area (Å²) in [6.45, 7) is 1.41. The Balaban J connectivity index is 1.79. The maximum absolute atomic E-state index is 13.0. The Hall–Kier alpha value is -1.58. The van der Waals surface area contributed by atoms with Crippen molar-refractivity contribution in [1.82, 2.24) is 5.32 Å². The molecule has 0 aliphatic heterocycles. The average molecular weight is 280 g/mol. The summed E-state index contributed by atoms with van der Waals surface area (Å²) in [5.41, 5.74) is 1.97. The van der Waals surface area contributed by atoms with Crippen LogP contribution < -0.4 is 5.32 Å². The second kappa shape index (κ2) is 6.55. The maximum atomic E-state index is 13.0. The molecule has 0 radical (unpaired) electrons. The van der Waals surface area contributed by atoms with Crippen LogP contribution in [0.25, 0.3) is 0 Å². The van der Waals surface area contributed by atoms with Crippen molar-refractivity contribution >= 4 is 11.6 Å². The lowest BCUT2D eigenvalue weighted by molar-refractivity contribution is 0.475. The average Bonchev–Trinajstić information content (AvgIpc) is 2.39. The van der Waals surface area contributed by atoms with Crippen molar-refractivity contribution in [2.75, 3.05) is 6.54 Å². The molecule has 0 saturated carbocycles. The van der Waals surface area contributed by atoms with Crippen molar-refractivity contribution < 1.29 is 9.50 Å². The fraction of sp³-hybridized carbons (Fsp3) is 0.200. The number of rotatable bonds is 5. The number of aromatic hydroxyl groups is 1. The van der Waals surface area contributed by atoms with Gasteiger partial charge in [-0.3, -0.25) is 0 Å². The van der Waals surface area contributed by atoms with Crippen LogP contribution in [0.3, 0.4) is 0 Å². The zero-order valence-corrected chi connectivity index (χ0v) is 11.1. The molecule has 0 heterocycles. The Kier molecular flexibility index (Phi) is 4.77. The second-order valence-electron chi connectivity index (χ2n) is 4.34. The number of hydrogen-bond donors (Lipinski definition) is 2. The van der Waals surface area contributed by atoms with Gasteiger partial charge in [-0.15, -0.1) is 0 Å². The van der Waals surface area contributed by atoms with Crippen molar-refractivity contribution in [3.05, 3.63) is 64.4 Å². The minimum Gasteiger partial charge on any atom is -0.506 e. The van der Waals surface area contributed by atoms with Gasteiger partial charge in [-0.1, -0.05) is 29.8 Å². The van der Waals surface area contributed by atoms with Crippen molar-refractivity contribution in [3.8, 4) is 5.75 Å². The second-order valence-corrected chi connectivity index (χ2v) is 4.75. The zero-order chi connectivity index (χ0) is 13.7. The van der Waals surface area contributed by atoms with Gasteiger partial charge < -0.3 is 10.4 Å². The largest absolute Gasteiger partial charge is 0.506 e. The first-order chi connectivity index (χ1) is 9.15. The molecule has 0 aliphatic rings. The minimum absolute atomic E-state index is 0.0881. The minimum atomic E-state index is -0.206. The fourth-order valence-corrected chi connectivity index (χ4v) is 2.02. The first-order valence-corrected chi connectivity index (χ1v) is 6.45. The summed E-state index contributed by atoms with van der Waals surface area (Å²) < 4.78 is 13.0. The lowest BCUT2D eigenvalue weighted by atomic mass is 10.1. The number of nitrogens with one attached hydrogen (secondary N) is 1. The summed E-state index contributed by atoms with van der Waals surface area (Å²) in [4.78, 5) is 0. The van der Waals surface area contributed by atoms with Gasteiger partial charge in [-0.05, 0) is 48.4 Å². The van der Waals surface area contributed by atoms with Gasteiger partial charge in [0.25, 0.3) is 0 Å². The molecular formula is C15H15ClFNO. The molecular weight excluding hydrogens is 265 g/mol. The van der Waals surface area contributed by atoms with Gasteiger partial charge in [0, 0.05) is 6.54 Å². The van der Waals surface area contributed by atoms with Crippen molar-refractivity contribution in [3.63, 3.8) is 0 Å². The maximum Gasteiger partial charge on any atom is 0.134 e. The van der Waals surface area contributed by atoms with Crippen LogP contribution in [0.1, 0.15) is 11.1 Å². The molecule has 2 nitrogen and oxygen atoms in total. The molecule has 19 heavy (non-hydrogen) atoms. The highest BCUT2D eigenvalue weighted by Crippen LogP contribution is 2.23. The van der Waals surface area contributed by atoms with Crippen molar-refractivity contribution in [2.24, 2.45) is 0 Å². The van der Waals surface area contributed by atoms with E-state index in [1.807, 2.05) is 12.1 Å². The van der Waals surface area contributed by atoms with E-state index in [9.17, 15) is 9.50 Å². The summed E-state index contributed by atoms with van der Waals surface area (Å²) in [5.74, 6) is -0.118. The first kappa shape index (κ1) is 13.8. The molecule has 0 aliphatic carbocycles. The van der Waals surface area contributed by atoms with Gasteiger partial charge in [-0.2, -0.15) is 0 Å². The van der Waals surface area contributed by atoms with E-state index < -0.39 is 0 Å². The molecule has 0 unspecified atom stereocenters. The smallest absolute Gasteiger partial charge is 0.134 e. The molecule has 0 fully saturated rings. The molecule has 0 spiro atoms. The quantitative estimate of drug-likeness (QED) is 0.821. The van der Waals surface area contributed by atoms with Gasteiger partial charge in [-0.25, -0.2) is 4.39 Å². The van der Waals surface area contributed by atoms with Crippen LogP contribution in [0.2, 0.25) is 5.02 Å². The first-order valence-electron chi connectivity index (χ1n) is 6.08. The van der Waals surface area contributed by atoms with Crippen LogP contribution in [0.5, 0.6) is 5.75 Å². The van der Waals surface area contributed by atoms with E-state index in [1.165, 1.54) is 6.07 Å². The third-order valence-corrected chi connectivity index (χ3v) is 3.12. The monoisotopic (exact) mass is 279 g/mol. The predicted octanol–water partition coefficient (Wildman–Crippen LogP) is 3.52. The molecule has 0 amide bonds. The molecule has 0 saturated heterocycles. The van der Waals surface area contributed by atoms with Gasteiger partial charge in [0.05, 0.1) is 5.02 Å². The van der Waals surface area contributed by atoms with Crippen LogP contribution in [-0.4, -0.2) is 11.7 Å². The van der Waals surface area contributed by atoms with Gasteiger partial charge in [0.2, 0.25) is 0 Å². The summed E-state index contributed by atoms with van der Waals surface area (Å²) in [6.07, 6.45) is 0.767. The third-order valence-electron chi connectivity index (χ3n) is 2.82. The number of halogens is 2. The SMILES string of the molecule is Oc1ccc(CNCCc2cccc(F)c2)cc1Cl. The molecule has 4 heteroatoms. The highest BCUT2D eigenvalue weighted by molar-refractivity contribution is 6.32. The molecule has 2 aromatic rings. The Labute approximate surface area is 116 Å². The van der Waals surface area contributed by atoms with Gasteiger partial charge in [0.15, 0.2) is 0 Å². The van der Waals surface area contributed by atoms with E-state index in [0.29, 0.717) is 11.6 Å². The number of benzene rings is 2. The predicted molar refractivity (Wildman–Crippen MR) is 74.9 cm³/mol. The summed E-state index contributed by atoms with van der Waals surface area (Å²) in [7, 11) is 0. The normalized spacial score (nSPS) is 10.6. The standard InChI is InChI=1S/C15H15ClFNO/c16-14-9-12(4-5-15(14)19)10-18-7-6-11-2-1-3-13(17)8-11/h1-5,8-9,18-19H,6-7,10H2. The Bertz CT molecular complexity index is 560. The van der Waals surface area contributed by atoms with E-state index >= 15 is 0 Å². The molecule has 0 bridgehead atoms. The Morgan fingerprint density at radius 2 is 1.95 bits per heavy atom. The van der Waals surface area contributed by atoms with Crippen LogP contribution in [0, 0.1) is 5.82 Å². The van der Waals surface area contributed by atoms with Crippen LogP contribution in [-0.2, 0) is 13.0 Å². The highest BCUT2D eigenvalue weighted by atomic mass is 35.5. The molecule has 100 valence electrons. The fourth-order valence-electron chi connectivity index (χ4n) is 1.82. The lowest BCUT2D eigenvalue weighted by Crippen LogP contribution is -2.16. The number of phenolic OH excluding ortho intramolecular Hbond substituents is 1. The number of hydrogen-bond acceptors (Lipinski definition) is 2. The Morgan fingerprint density at radius 1 is 1.11 bits per heavy atom.